The Hall–Kier alpha value is -1.89. The molecule has 0 amide bonds. The van der Waals surface area contributed by atoms with E-state index in [1.165, 1.54) is 9.71 Å². The second-order valence-electron chi connectivity index (χ2n) is 5.77. The largest absolute Gasteiger partial charge is 0.468 e. The van der Waals surface area contributed by atoms with Crippen LogP contribution in [0.15, 0.2) is 58.6 Å². The first-order valence-corrected chi connectivity index (χ1v) is 9.51. The smallest absolute Gasteiger partial charge is 0.236 e. The highest BCUT2D eigenvalue weighted by molar-refractivity contribution is 7.92. The molecule has 1 saturated heterocycles. The molecule has 6 heteroatoms. The number of hydrogen-bond acceptors (Lipinski definition) is 4. The number of benzene rings is 1. The quantitative estimate of drug-likeness (QED) is 0.771. The zero-order valence-corrected chi connectivity index (χ0v) is 14.2. The molecule has 3 rings (SSSR count). The fraction of sp³-hybridized carbons (Fsp3) is 0.333. The summed E-state index contributed by atoms with van der Waals surface area (Å²) in [6, 6.07) is 12.9. The van der Waals surface area contributed by atoms with Crippen molar-refractivity contribution >= 4 is 16.1 Å². The van der Waals surface area contributed by atoms with Crippen molar-refractivity contribution in [3.63, 3.8) is 0 Å². The lowest BCUT2D eigenvalue weighted by molar-refractivity contribution is 0.0917. The summed E-state index contributed by atoms with van der Waals surface area (Å²) in [6.07, 6.45) is 4.96. The molecule has 24 heavy (non-hydrogen) atoms. The Bertz CT molecular complexity index is 748. The van der Waals surface area contributed by atoms with Crippen molar-refractivity contribution in [2.75, 3.05) is 13.2 Å². The van der Waals surface area contributed by atoms with Gasteiger partial charge in [0.25, 0.3) is 0 Å². The first-order chi connectivity index (χ1) is 11.6. The van der Waals surface area contributed by atoms with E-state index in [0.29, 0.717) is 18.9 Å². The Labute approximate surface area is 142 Å². The second-order valence-corrected chi connectivity index (χ2v) is 7.58. The summed E-state index contributed by atoms with van der Waals surface area (Å²) in [5.41, 5.74) is 0.844. The molecule has 1 aromatic carbocycles. The van der Waals surface area contributed by atoms with Crippen LogP contribution in [0.4, 0.5) is 0 Å². The lowest BCUT2D eigenvalue weighted by atomic mass is 10.2. The van der Waals surface area contributed by atoms with Gasteiger partial charge in [-0.25, -0.2) is 8.42 Å². The Balaban J connectivity index is 1.77. The van der Waals surface area contributed by atoms with E-state index in [2.05, 4.69) is 0 Å². The van der Waals surface area contributed by atoms with E-state index in [4.69, 9.17) is 9.15 Å². The predicted octanol–water partition coefficient (Wildman–Crippen LogP) is 3.26. The van der Waals surface area contributed by atoms with E-state index in [1.54, 1.807) is 24.5 Å². The topological polar surface area (TPSA) is 59.8 Å². The van der Waals surface area contributed by atoms with E-state index in [-0.39, 0.29) is 12.6 Å². The number of nitrogens with zero attached hydrogens (tertiary/aromatic N) is 1. The van der Waals surface area contributed by atoms with Gasteiger partial charge in [0.05, 0.1) is 18.9 Å². The number of ether oxygens (including phenoxy) is 1. The third-order valence-corrected chi connectivity index (χ3v) is 5.41. The lowest BCUT2D eigenvalue weighted by Crippen LogP contribution is -2.35. The minimum Gasteiger partial charge on any atom is -0.468 e. The molecule has 1 atom stereocenters. The van der Waals surface area contributed by atoms with Crippen molar-refractivity contribution in [1.82, 2.24) is 4.31 Å². The molecule has 0 bridgehead atoms. The van der Waals surface area contributed by atoms with Gasteiger partial charge in [0.1, 0.15) is 5.76 Å². The molecule has 1 aliphatic rings. The monoisotopic (exact) mass is 347 g/mol. The minimum atomic E-state index is -3.57. The molecule has 5 nitrogen and oxygen atoms in total. The van der Waals surface area contributed by atoms with Crippen molar-refractivity contribution in [3.8, 4) is 0 Å². The fourth-order valence-corrected chi connectivity index (χ4v) is 3.85. The Morgan fingerprint density at radius 2 is 2.00 bits per heavy atom. The van der Waals surface area contributed by atoms with Crippen molar-refractivity contribution in [1.29, 1.82) is 0 Å². The fourth-order valence-electron chi connectivity index (χ4n) is 2.66. The van der Waals surface area contributed by atoms with Crippen LogP contribution in [0.3, 0.4) is 0 Å². The van der Waals surface area contributed by atoms with Gasteiger partial charge in [-0.2, -0.15) is 4.31 Å². The maximum absolute atomic E-state index is 12.8. The van der Waals surface area contributed by atoms with Crippen LogP contribution in [0.5, 0.6) is 0 Å². The van der Waals surface area contributed by atoms with Gasteiger partial charge >= 0.3 is 0 Å². The number of rotatable bonds is 7. The zero-order valence-electron chi connectivity index (χ0n) is 13.4. The third-order valence-electron chi connectivity index (χ3n) is 3.94. The molecular weight excluding hydrogens is 326 g/mol. The number of hydrogen-bond donors (Lipinski definition) is 0. The van der Waals surface area contributed by atoms with Crippen molar-refractivity contribution in [2.24, 2.45) is 0 Å². The van der Waals surface area contributed by atoms with Crippen LogP contribution in [0.25, 0.3) is 6.08 Å². The normalized spacial score (nSPS) is 18.6. The summed E-state index contributed by atoms with van der Waals surface area (Å²) in [5.74, 6) is 0.615. The van der Waals surface area contributed by atoms with Crippen LogP contribution in [-0.2, 0) is 21.3 Å². The predicted molar refractivity (Wildman–Crippen MR) is 92.5 cm³/mol. The van der Waals surface area contributed by atoms with E-state index in [9.17, 15) is 8.42 Å². The molecule has 1 aliphatic heterocycles. The Morgan fingerprint density at radius 3 is 2.67 bits per heavy atom. The highest BCUT2D eigenvalue weighted by Gasteiger charge is 2.26. The first-order valence-electron chi connectivity index (χ1n) is 8.01. The van der Waals surface area contributed by atoms with Crippen LogP contribution < -0.4 is 0 Å². The average molecular weight is 347 g/mol. The molecule has 2 heterocycles. The number of sulfonamides is 1. The molecule has 1 aromatic heterocycles. The van der Waals surface area contributed by atoms with E-state index >= 15 is 0 Å². The SMILES string of the molecule is O=S(=O)(C=Cc1ccccc1)N(Cc1ccco1)CC1CCCO1. The molecule has 2 aromatic rings. The summed E-state index contributed by atoms with van der Waals surface area (Å²) >= 11 is 0. The van der Waals surface area contributed by atoms with Crippen LogP contribution in [-0.4, -0.2) is 32.0 Å². The summed E-state index contributed by atoms with van der Waals surface area (Å²) in [5, 5.41) is 1.25. The first kappa shape index (κ1) is 17.0. The van der Waals surface area contributed by atoms with E-state index < -0.39 is 10.0 Å². The minimum absolute atomic E-state index is 0.0557. The molecule has 128 valence electrons. The van der Waals surface area contributed by atoms with Gasteiger partial charge in [-0.1, -0.05) is 30.3 Å². The summed E-state index contributed by atoms with van der Waals surface area (Å²) in [4.78, 5) is 0. The van der Waals surface area contributed by atoms with Gasteiger partial charge < -0.3 is 9.15 Å². The van der Waals surface area contributed by atoms with E-state index in [0.717, 1.165) is 18.4 Å². The Kier molecular flexibility index (Phi) is 5.50. The Morgan fingerprint density at radius 1 is 1.17 bits per heavy atom. The van der Waals surface area contributed by atoms with Crippen molar-refractivity contribution in [2.45, 2.75) is 25.5 Å². The highest BCUT2D eigenvalue weighted by atomic mass is 32.2. The van der Waals surface area contributed by atoms with Gasteiger partial charge in [0, 0.05) is 18.6 Å². The van der Waals surface area contributed by atoms with Gasteiger partial charge in [-0.05, 0) is 36.6 Å². The van der Waals surface area contributed by atoms with Crippen molar-refractivity contribution < 1.29 is 17.6 Å². The number of furan rings is 1. The second kappa shape index (κ2) is 7.79. The van der Waals surface area contributed by atoms with Crippen LogP contribution >= 0.6 is 0 Å². The summed E-state index contributed by atoms with van der Waals surface area (Å²) < 4.78 is 37.9. The molecular formula is C18H21NO4S. The van der Waals surface area contributed by atoms with Gasteiger partial charge in [-0.15, -0.1) is 0 Å². The zero-order chi connectivity index (χ0) is 16.8. The maximum atomic E-state index is 12.8. The van der Waals surface area contributed by atoms with Gasteiger partial charge in [-0.3, -0.25) is 0 Å². The van der Waals surface area contributed by atoms with E-state index in [1.807, 2.05) is 30.3 Å². The maximum Gasteiger partial charge on any atom is 0.236 e. The third kappa shape index (κ3) is 4.56. The van der Waals surface area contributed by atoms with Crippen molar-refractivity contribution in [3.05, 3.63) is 65.5 Å². The molecule has 0 aliphatic carbocycles. The van der Waals surface area contributed by atoms with Crippen LogP contribution in [0.1, 0.15) is 24.2 Å². The van der Waals surface area contributed by atoms with Crippen LogP contribution in [0, 0.1) is 0 Å². The van der Waals surface area contributed by atoms with Gasteiger partial charge in [0.2, 0.25) is 10.0 Å². The summed E-state index contributed by atoms with van der Waals surface area (Å²) in [7, 11) is -3.57. The molecule has 1 fully saturated rings. The summed E-state index contributed by atoms with van der Waals surface area (Å²) in [6.45, 7) is 1.23. The molecule has 0 spiro atoms. The average Bonchev–Trinajstić information content (AvgIpc) is 3.27. The standard InChI is InChI=1S/C18H21NO4S/c20-24(21,13-10-16-6-2-1-3-7-16)19(14-17-8-4-11-22-17)15-18-9-5-12-23-18/h1-4,6-8,10-11,13,18H,5,9,12,14-15H2. The van der Waals surface area contributed by atoms with Gasteiger partial charge in [0.15, 0.2) is 0 Å². The van der Waals surface area contributed by atoms with Crippen LogP contribution in [0.2, 0.25) is 0 Å². The molecule has 0 saturated carbocycles. The highest BCUT2D eigenvalue weighted by Crippen LogP contribution is 2.19. The molecule has 0 radical (unpaired) electrons. The molecule has 1 unspecified atom stereocenters. The molecule has 0 N–H and O–H groups in total. The lowest BCUT2D eigenvalue weighted by Gasteiger charge is -2.22.